The highest BCUT2D eigenvalue weighted by Crippen LogP contribution is 2.41. The van der Waals surface area contributed by atoms with Crippen molar-refractivity contribution in [2.45, 2.75) is 157 Å². The number of hydrogen-bond donors (Lipinski definition) is 0. The highest BCUT2D eigenvalue weighted by molar-refractivity contribution is 6.05. The van der Waals surface area contributed by atoms with Crippen LogP contribution in [0.4, 0.5) is 0 Å². The van der Waals surface area contributed by atoms with Crippen molar-refractivity contribution in [2.75, 3.05) is 0 Å². The summed E-state index contributed by atoms with van der Waals surface area (Å²) in [6.07, 6.45) is 0. The van der Waals surface area contributed by atoms with Crippen LogP contribution in [0.5, 0.6) is 0 Å². The van der Waals surface area contributed by atoms with Gasteiger partial charge in [-0.25, -0.2) is 0 Å². The van der Waals surface area contributed by atoms with E-state index in [-0.39, 0.29) is 43.6 Å². The number of aromatic nitrogens is 2. The molecular weight excluding hydrogens is 588 g/mol. The maximum absolute atomic E-state index is 15.0. The minimum atomic E-state index is -0.373. The first-order valence-electron chi connectivity index (χ1n) is 17.7. The van der Waals surface area contributed by atoms with Crippen LogP contribution in [0.1, 0.15) is 147 Å². The smallest absolute Gasteiger partial charge is 0.197 e. The molecule has 0 aliphatic rings. The molecule has 4 nitrogen and oxygen atoms in total. The molecule has 0 spiro atoms. The van der Waals surface area contributed by atoms with Gasteiger partial charge in [-0.2, -0.15) is 0 Å². The van der Waals surface area contributed by atoms with Crippen molar-refractivity contribution in [3.8, 4) is 0 Å². The third kappa shape index (κ3) is 5.81. The summed E-state index contributed by atoms with van der Waals surface area (Å²) in [5.41, 5.74) is 6.56. The van der Waals surface area contributed by atoms with Gasteiger partial charge in [-0.1, -0.05) is 95.2 Å². The Bertz CT molecular complexity index is 2090. The van der Waals surface area contributed by atoms with Crippen molar-refractivity contribution < 1.29 is 0 Å². The van der Waals surface area contributed by atoms with Crippen LogP contribution in [0.2, 0.25) is 0 Å². The molecule has 0 N–H and O–H groups in total. The average Bonchev–Trinajstić information content (AvgIpc) is 2.88. The van der Waals surface area contributed by atoms with Crippen molar-refractivity contribution >= 4 is 43.6 Å². The normalized spacial score (nSPS) is 14.2. The van der Waals surface area contributed by atoms with Crippen molar-refractivity contribution in [3.63, 3.8) is 0 Å². The van der Waals surface area contributed by atoms with Crippen molar-refractivity contribution in [3.05, 3.63) is 79.1 Å². The van der Waals surface area contributed by atoms with Gasteiger partial charge < -0.3 is 9.13 Å². The number of hydrogen-bond acceptors (Lipinski definition) is 2. The highest BCUT2D eigenvalue weighted by atomic mass is 16.1. The number of fused-ring (bicyclic) bond motifs is 4. The van der Waals surface area contributed by atoms with Crippen LogP contribution in [0.3, 0.4) is 0 Å². The molecule has 0 atom stereocenters. The van der Waals surface area contributed by atoms with Crippen LogP contribution in [0, 0.1) is 0 Å². The van der Waals surface area contributed by atoms with Gasteiger partial charge in [0.05, 0.1) is 32.8 Å². The van der Waals surface area contributed by atoms with E-state index in [1.807, 2.05) is 12.1 Å². The minimum Gasteiger partial charge on any atom is -0.335 e. The SMILES string of the molecule is CC(C)(C)c1cc(C(C)(C)C)c2c(=O)c3cc4c(cc3n(C(C)(C)C)c2c1)c(=O)c1c(C(C)(C)C)cc(C(C)(C)C)cc1n4C(C)(C)C. The van der Waals surface area contributed by atoms with Gasteiger partial charge in [0.1, 0.15) is 0 Å². The highest BCUT2D eigenvalue weighted by Gasteiger charge is 2.32. The molecule has 2 aromatic heterocycles. The summed E-state index contributed by atoms with van der Waals surface area (Å²) in [4.78, 5) is 30.0. The van der Waals surface area contributed by atoms with Crippen LogP contribution >= 0.6 is 0 Å². The number of benzene rings is 3. The molecule has 0 saturated carbocycles. The lowest BCUT2D eigenvalue weighted by Crippen LogP contribution is -2.30. The van der Waals surface area contributed by atoms with Crippen LogP contribution in [-0.2, 0) is 32.7 Å². The van der Waals surface area contributed by atoms with E-state index in [0.29, 0.717) is 10.8 Å². The quantitative estimate of drug-likeness (QED) is 0.157. The molecule has 0 amide bonds. The van der Waals surface area contributed by atoms with Gasteiger partial charge in [0.2, 0.25) is 0 Å². The van der Waals surface area contributed by atoms with E-state index < -0.39 is 0 Å². The maximum atomic E-state index is 15.0. The van der Waals surface area contributed by atoms with Gasteiger partial charge in [-0.15, -0.1) is 0 Å². The van der Waals surface area contributed by atoms with Crippen LogP contribution in [-0.4, -0.2) is 9.13 Å². The molecule has 0 saturated heterocycles. The fraction of sp³-hybridized carbons (Fsp3) is 0.545. The van der Waals surface area contributed by atoms with Gasteiger partial charge >= 0.3 is 0 Å². The van der Waals surface area contributed by atoms with Gasteiger partial charge in [-0.3, -0.25) is 9.59 Å². The molecular formula is C44H60N2O2. The molecule has 0 fully saturated rings. The summed E-state index contributed by atoms with van der Waals surface area (Å²) in [6.45, 7) is 39.7. The first kappa shape index (κ1) is 35.9. The van der Waals surface area contributed by atoms with Gasteiger partial charge in [0.15, 0.2) is 10.9 Å². The van der Waals surface area contributed by atoms with Gasteiger partial charge in [0, 0.05) is 21.9 Å². The molecule has 0 aliphatic carbocycles. The molecule has 258 valence electrons. The molecule has 0 unspecified atom stereocenters. The molecule has 3 aromatic carbocycles. The monoisotopic (exact) mass is 648 g/mol. The van der Waals surface area contributed by atoms with Crippen molar-refractivity contribution in [1.82, 2.24) is 9.13 Å². The second kappa shape index (κ2) is 10.6. The summed E-state index contributed by atoms with van der Waals surface area (Å²) in [5.74, 6) is 0. The lowest BCUT2D eigenvalue weighted by Gasteiger charge is -2.34. The van der Waals surface area contributed by atoms with Gasteiger partial charge in [-0.05, 0) is 110 Å². The lowest BCUT2D eigenvalue weighted by atomic mass is 9.78. The number of rotatable bonds is 0. The summed E-state index contributed by atoms with van der Waals surface area (Å²) in [6, 6.07) is 13.0. The zero-order chi connectivity index (χ0) is 36.5. The summed E-state index contributed by atoms with van der Waals surface area (Å²) in [7, 11) is 0. The Kier molecular flexibility index (Phi) is 7.89. The second-order valence-corrected chi connectivity index (χ2v) is 20.4. The Morgan fingerprint density at radius 2 is 0.667 bits per heavy atom. The zero-order valence-electron chi connectivity index (χ0n) is 33.2. The van der Waals surface area contributed by atoms with E-state index in [1.54, 1.807) is 0 Å². The van der Waals surface area contributed by atoms with Crippen LogP contribution in [0.25, 0.3) is 43.6 Å². The predicted molar refractivity (Wildman–Crippen MR) is 210 cm³/mol. The third-order valence-electron chi connectivity index (χ3n) is 9.95. The first-order valence-corrected chi connectivity index (χ1v) is 17.7. The Morgan fingerprint density at radius 3 is 0.896 bits per heavy atom. The molecule has 4 heteroatoms. The topological polar surface area (TPSA) is 44.0 Å². The second-order valence-electron chi connectivity index (χ2n) is 20.4. The summed E-state index contributed by atoms with van der Waals surface area (Å²) < 4.78 is 4.64. The molecule has 5 aromatic rings. The third-order valence-corrected chi connectivity index (χ3v) is 9.95. The van der Waals surface area contributed by atoms with E-state index >= 15 is 9.59 Å². The molecule has 0 radical (unpaired) electrons. The Hall–Kier alpha value is -3.40. The average molecular weight is 649 g/mol. The van der Waals surface area contributed by atoms with Crippen molar-refractivity contribution in [2.24, 2.45) is 0 Å². The summed E-state index contributed by atoms with van der Waals surface area (Å²) >= 11 is 0. The zero-order valence-corrected chi connectivity index (χ0v) is 33.2. The van der Waals surface area contributed by atoms with E-state index in [9.17, 15) is 0 Å². The van der Waals surface area contributed by atoms with Crippen LogP contribution < -0.4 is 10.9 Å². The Balaban J connectivity index is 2.21. The Morgan fingerprint density at radius 1 is 0.375 bits per heavy atom. The van der Waals surface area contributed by atoms with E-state index in [4.69, 9.17) is 0 Å². The summed E-state index contributed by atoms with van der Waals surface area (Å²) in [5, 5.41) is 2.85. The fourth-order valence-electron chi connectivity index (χ4n) is 7.42. The number of nitrogens with zero attached hydrogens (tertiary/aromatic N) is 2. The largest absolute Gasteiger partial charge is 0.335 e. The van der Waals surface area contributed by atoms with E-state index in [0.717, 1.165) is 44.0 Å². The number of pyridine rings is 2. The van der Waals surface area contributed by atoms with Crippen LogP contribution in [0.15, 0.2) is 46.0 Å². The van der Waals surface area contributed by atoms with Crippen molar-refractivity contribution in [1.29, 1.82) is 0 Å². The minimum absolute atomic E-state index is 0.0274. The Labute approximate surface area is 288 Å². The standard InChI is InChI=1S/C44H60N2O2/c1-39(2,3)25-19-29(41(7,8)9)35-33(21-25)45(43(13,14)15)31-23-28-32(24-27(31)37(35)47)46(44(16,17)18)34-22-26(40(4,5)6)20-30(42(10,11)12)36(34)38(28)48/h19-24H,1-18H3. The molecule has 48 heavy (non-hydrogen) atoms. The predicted octanol–water partition coefficient (Wildman–Crippen LogP) is 11.3. The lowest BCUT2D eigenvalue weighted by molar-refractivity contribution is 0.419. The fourth-order valence-corrected chi connectivity index (χ4v) is 7.42. The molecule has 5 rings (SSSR count). The molecule has 0 bridgehead atoms. The first-order chi connectivity index (χ1) is 21.5. The van der Waals surface area contributed by atoms with E-state index in [2.05, 4.69) is 158 Å². The molecule has 0 aliphatic heterocycles. The van der Waals surface area contributed by atoms with E-state index in [1.165, 1.54) is 11.1 Å². The van der Waals surface area contributed by atoms with Gasteiger partial charge in [0.25, 0.3) is 0 Å². The molecule has 2 heterocycles. The maximum Gasteiger partial charge on any atom is 0.197 e.